The second-order valence-electron chi connectivity index (χ2n) is 6.49. The molecule has 168 valence electrons. The first-order chi connectivity index (χ1) is 13.2. The van der Waals surface area contributed by atoms with E-state index in [0.717, 1.165) is 5.56 Å². The van der Waals surface area contributed by atoms with Gasteiger partial charge in [0.1, 0.15) is 27.1 Å². The SMILES string of the molecule is CCNC(=NCCc1c(OC)cc(OC)cc1OC)NC(C)CCS(C)(=O)=O.I. The van der Waals surface area contributed by atoms with Crippen molar-refractivity contribution in [1.82, 2.24) is 10.6 Å². The van der Waals surface area contributed by atoms with E-state index < -0.39 is 9.84 Å². The topological polar surface area (TPSA) is 98.2 Å². The number of hydrogen-bond acceptors (Lipinski definition) is 6. The number of sulfone groups is 1. The Labute approximate surface area is 191 Å². The molecule has 0 fully saturated rings. The van der Waals surface area contributed by atoms with Crippen LogP contribution in [0.3, 0.4) is 0 Å². The van der Waals surface area contributed by atoms with Crippen molar-refractivity contribution in [2.45, 2.75) is 32.7 Å². The number of aliphatic imine (C=N–C) groups is 1. The van der Waals surface area contributed by atoms with E-state index in [4.69, 9.17) is 14.2 Å². The first-order valence-electron chi connectivity index (χ1n) is 9.25. The molecule has 29 heavy (non-hydrogen) atoms. The summed E-state index contributed by atoms with van der Waals surface area (Å²) in [5.41, 5.74) is 0.913. The Kier molecular flexibility index (Phi) is 13.1. The molecule has 1 aromatic rings. The molecule has 0 radical (unpaired) electrons. The van der Waals surface area contributed by atoms with E-state index in [0.29, 0.717) is 49.1 Å². The average Bonchev–Trinajstić information content (AvgIpc) is 2.65. The van der Waals surface area contributed by atoms with Gasteiger partial charge in [-0.15, -0.1) is 24.0 Å². The van der Waals surface area contributed by atoms with Crippen LogP contribution in [-0.2, 0) is 16.3 Å². The minimum Gasteiger partial charge on any atom is -0.496 e. The Morgan fingerprint density at radius 1 is 1.14 bits per heavy atom. The lowest BCUT2D eigenvalue weighted by atomic mass is 10.1. The number of ether oxygens (including phenoxy) is 3. The second kappa shape index (κ2) is 13.7. The van der Waals surface area contributed by atoms with Crippen molar-refractivity contribution in [2.24, 2.45) is 4.99 Å². The average molecular weight is 543 g/mol. The molecule has 0 aliphatic rings. The molecule has 10 heteroatoms. The lowest BCUT2D eigenvalue weighted by Gasteiger charge is -2.18. The van der Waals surface area contributed by atoms with Crippen LogP contribution in [0, 0.1) is 0 Å². The Morgan fingerprint density at radius 3 is 2.17 bits per heavy atom. The maximum absolute atomic E-state index is 11.3. The first kappa shape index (κ1) is 27.6. The van der Waals surface area contributed by atoms with Crippen molar-refractivity contribution < 1.29 is 22.6 Å². The minimum atomic E-state index is -2.98. The van der Waals surface area contributed by atoms with Gasteiger partial charge in [-0.25, -0.2) is 8.42 Å². The number of halogens is 1. The highest BCUT2D eigenvalue weighted by Gasteiger charge is 2.13. The molecule has 0 aromatic heterocycles. The van der Waals surface area contributed by atoms with E-state index in [1.807, 2.05) is 26.0 Å². The fraction of sp³-hybridized carbons (Fsp3) is 0.632. The van der Waals surface area contributed by atoms with E-state index >= 15 is 0 Å². The summed E-state index contributed by atoms with van der Waals surface area (Å²) in [5, 5.41) is 6.42. The minimum absolute atomic E-state index is 0. The van der Waals surface area contributed by atoms with Crippen molar-refractivity contribution in [3.63, 3.8) is 0 Å². The zero-order valence-electron chi connectivity index (χ0n) is 18.1. The fourth-order valence-electron chi connectivity index (χ4n) is 2.62. The quantitative estimate of drug-likeness (QED) is 0.251. The Balaban J connectivity index is 0.00000784. The molecule has 0 aliphatic heterocycles. The number of methoxy groups -OCH3 is 3. The van der Waals surface area contributed by atoms with Crippen molar-refractivity contribution in [3.05, 3.63) is 17.7 Å². The molecular weight excluding hydrogens is 509 g/mol. The third kappa shape index (κ3) is 10.2. The van der Waals surface area contributed by atoms with Crippen LogP contribution in [0.1, 0.15) is 25.8 Å². The van der Waals surface area contributed by atoms with Gasteiger partial charge in [-0.05, 0) is 26.7 Å². The van der Waals surface area contributed by atoms with Gasteiger partial charge in [0, 0.05) is 43.1 Å². The summed E-state index contributed by atoms with van der Waals surface area (Å²) in [4.78, 5) is 4.59. The molecule has 1 unspecified atom stereocenters. The lowest BCUT2D eigenvalue weighted by Crippen LogP contribution is -2.43. The van der Waals surface area contributed by atoms with Crippen LogP contribution < -0.4 is 24.8 Å². The molecule has 0 heterocycles. The third-order valence-electron chi connectivity index (χ3n) is 4.10. The Morgan fingerprint density at radius 2 is 1.72 bits per heavy atom. The maximum atomic E-state index is 11.3. The standard InChI is InChI=1S/C19H33N3O5S.HI/c1-7-20-19(22-14(2)9-11-28(6,23)24)21-10-8-16-17(26-4)12-15(25-3)13-18(16)27-5;/h12-14H,7-11H2,1-6H3,(H2,20,21,22);1H. The molecule has 0 bridgehead atoms. The predicted octanol–water partition coefficient (Wildman–Crippen LogP) is 2.25. The van der Waals surface area contributed by atoms with Crippen LogP contribution in [-0.4, -0.2) is 66.8 Å². The van der Waals surface area contributed by atoms with Gasteiger partial charge in [-0.3, -0.25) is 4.99 Å². The number of nitrogens with zero attached hydrogens (tertiary/aromatic N) is 1. The van der Waals surface area contributed by atoms with E-state index in [1.54, 1.807) is 21.3 Å². The van der Waals surface area contributed by atoms with Gasteiger partial charge >= 0.3 is 0 Å². The summed E-state index contributed by atoms with van der Waals surface area (Å²) in [6.07, 6.45) is 2.38. The second-order valence-corrected chi connectivity index (χ2v) is 8.74. The molecule has 1 atom stereocenters. The van der Waals surface area contributed by atoms with E-state index in [9.17, 15) is 8.42 Å². The Bertz CT molecular complexity index is 731. The highest BCUT2D eigenvalue weighted by Crippen LogP contribution is 2.34. The summed E-state index contributed by atoms with van der Waals surface area (Å²) < 4.78 is 38.9. The predicted molar refractivity (Wildman–Crippen MR) is 128 cm³/mol. The molecule has 0 spiro atoms. The molecule has 1 rings (SSSR count). The smallest absolute Gasteiger partial charge is 0.191 e. The van der Waals surface area contributed by atoms with E-state index in [1.165, 1.54) is 6.26 Å². The molecule has 8 nitrogen and oxygen atoms in total. The van der Waals surface area contributed by atoms with Gasteiger partial charge < -0.3 is 24.8 Å². The number of guanidine groups is 1. The lowest BCUT2D eigenvalue weighted by molar-refractivity contribution is 0.369. The number of nitrogens with one attached hydrogen (secondary N) is 2. The van der Waals surface area contributed by atoms with Crippen molar-refractivity contribution in [1.29, 1.82) is 0 Å². The van der Waals surface area contributed by atoms with Crippen LogP contribution >= 0.6 is 24.0 Å². The fourth-order valence-corrected chi connectivity index (χ4v) is 3.40. The zero-order valence-corrected chi connectivity index (χ0v) is 21.2. The number of rotatable bonds is 11. The number of benzene rings is 1. The van der Waals surface area contributed by atoms with E-state index in [-0.39, 0.29) is 35.8 Å². The molecule has 1 aromatic carbocycles. The molecule has 0 saturated heterocycles. The molecule has 2 N–H and O–H groups in total. The van der Waals surface area contributed by atoms with Crippen LogP contribution in [0.25, 0.3) is 0 Å². The van der Waals surface area contributed by atoms with Crippen molar-refractivity contribution >= 4 is 39.8 Å². The highest BCUT2D eigenvalue weighted by atomic mass is 127. The van der Waals surface area contributed by atoms with Gasteiger partial charge in [0.2, 0.25) is 0 Å². The highest BCUT2D eigenvalue weighted by molar-refractivity contribution is 14.0. The van der Waals surface area contributed by atoms with Gasteiger partial charge in [0.25, 0.3) is 0 Å². The van der Waals surface area contributed by atoms with Gasteiger partial charge in [-0.2, -0.15) is 0 Å². The Hall–Kier alpha value is -1.43. The summed E-state index contributed by atoms with van der Waals surface area (Å²) in [6, 6.07) is 3.62. The molecule has 0 saturated carbocycles. The van der Waals surface area contributed by atoms with Crippen LogP contribution in [0.5, 0.6) is 17.2 Å². The van der Waals surface area contributed by atoms with E-state index in [2.05, 4.69) is 15.6 Å². The van der Waals surface area contributed by atoms with Gasteiger partial charge in [0.15, 0.2) is 5.96 Å². The van der Waals surface area contributed by atoms with Crippen LogP contribution in [0.15, 0.2) is 17.1 Å². The van der Waals surface area contributed by atoms with Gasteiger partial charge in [-0.1, -0.05) is 0 Å². The summed E-state index contributed by atoms with van der Waals surface area (Å²) in [6.45, 7) is 5.13. The summed E-state index contributed by atoms with van der Waals surface area (Å²) >= 11 is 0. The van der Waals surface area contributed by atoms with Gasteiger partial charge in [0.05, 0.1) is 27.1 Å². The normalized spacial score (nSPS) is 12.6. The monoisotopic (exact) mass is 543 g/mol. The van der Waals surface area contributed by atoms with Crippen LogP contribution in [0.4, 0.5) is 0 Å². The summed E-state index contributed by atoms with van der Waals surface area (Å²) in [5.74, 6) is 2.82. The number of hydrogen-bond donors (Lipinski definition) is 2. The largest absolute Gasteiger partial charge is 0.496 e. The maximum Gasteiger partial charge on any atom is 0.191 e. The van der Waals surface area contributed by atoms with Crippen LogP contribution in [0.2, 0.25) is 0 Å². The summed E-state index contributed by atoms with van der Waals surface area (Å²) in [7, 11) is 1.83. The molecular formula is C19H34IN3O5S. The molecule has 0 aliphatic carbocycles. The molecule has 0 amide bonds. The van der Waals surface area contributed by atoms with Crippen molar-refractivity contribution in [2.75, 3.05) is 46.4 Å². The first-order valence-corrected chi connectivity index (χ1v) is 11.3. The van der Waals surface area contributed by atoms with Crippen molar-refractivity contribution in [3.8, 4) is 17.2 Å². The third-order valence-corrected chi connectivity index (χ3v) is 5.08. The zero-order chi connectivity index (χ0) is 21.2.